The molecular formula is C20H27ClN2OS. The predicted molar refractivity (Wildman–Crippen MR) is 107 cm³/mol. The Morgan fingerprint density at radius 2 is 1.84 bits per heavy atom. The maximum Gasteiger partial charge on any atom is 0.237 e. The zero-order valence-corrected chi connectivity index (χ0v) is 16.1. The van der Waals surface area contributed by atoms with E-state index in [2.05, 4.69) is 22.8 Å². The normalized spacial score (nSPS) is 17.3. The van der Waals surface area contributed by atoms with Crippen LogP contribution in [-0.2, 0) is 16.6 Å². The van der Waals surface area contributed by atoms with Gasteiger partial charge in [-0.2, -0.15) is 0 Å². The summed E-state index contributed by atoms with van der Waals surface area (Å²) in [5.74, 6) is -0.0413. The molecule has 0 unspecified atom stereocenters. The van der Waals surface area contributed by atoms with Crippen molar-refractivity contribution in [2.75, 3.05) is 6.54 Å². The van der Waals surface area contributed by atoms with E-state index in [1.54, 1.807) is 0 Å². The van der Waals surface area contributed by atoms with Crippen LogP contribution in [0.5, 0.6) is 0 Å². The van der Waals surface area contributed by atoms with Gasteiger partial charge in [-0.25, -0.2) is 0 Å². The molecule has 1 amide bonds. The van der Waals surface area contributed by atoms with E-state index in [0.717, 1.165) is 18.4 Å². The Balaban J connectivity index is 0.00000225. The fourth-order valence-electron chi connectivity index (χ4n) is 3.67. The highest BCUT2D eigenvalue weighted by Gasteiger charge is 2.35. The highest BCUT2D eigenvalue weighted by atomic mass is 35.5. The van der Waals surface area contributed by atoms with E-state index in [4.69, 9.17) is 5.73 Å². The number of nitrogens with one attached hydrogen (secondary N) is 1. The van der Waals surface area contributed by atoms with Crippen LogP contribution in [0.1, 0.15) is 42.5 Å². The van der Waals surface area contributed by atoms with Crippen LogP contribution in [-0.4, -0.2) is 18.5 Å². The van der Waals surface area contributed by atoms with Crippen LogP contribution in [0.15, 0.2) is 47.8 Å². The number of amides is 1. The quantitative estimate of drug-likeness (QED) is 0.796. The zero-order chi connectivity index (χ0) is 16.8. The maximum atomic E-state index is 12.5. The molecule has 5 heteroatoms. The molecule has 136 valence electrons. The van der Waals surface area contributed by atoms with Gasteiger partial charge in [0.1, 0.15) is 0 Å². The molecule has 0 radical (unpaired) electrons. The van der Waals surface area contributed by atoms with E-state index in [1.807, 2.05) is 41.7 Å². The molecule has 1 aliphatic carbocycles. The van der Waals surface area contributed by atoms with Crippen molar-refractivity contribution in [3.05, 3.63) is 58.3 Å². The highest BCUT2D eigenvalue weighted by Crippen LogP contribution is 2.41. The van der Waals surface area contributed by atoms with Crippen LogP contribution in [0, 0.1) is 0 Å². The van der Waals surface area contributed by atoms with Crippen molar-refractivity contribution in [2.45, 2.75) is 50.0 Å². The molecule has 3 rings (SSSR count). The monoisotopic (exact) mass is 378 g/mol. The summed E-state index contributed by atoms with van der Waals surface area (Å²) >= 11 is 1.81. The molecule has 0 saturated heterocycles. The van der Waals surface area contributed by atoms with Crippen molar-refractivity contribution >= 4 is 29.7 Å². The molecule has 3 nitrogen and oxygen atoms in total. The van der Waals surface area contributed by atoms with Gasteiger partial charge in [0.05, 0.1) is 6.04 Å². The number of carbonyl (C=O) groups excluding carboxylic acids is 1. The fourth-order valence-corrected chi connectivity index (χ4v) is 4.65. The lowest BCUT2D eigenvalue weighted by Crippen LogP contribution is -2.48. The molecule has 1 atom stereocenters. The Labute approximate surface area is 160 Å². The highest BCUT2D eigenvalue weighted by molar-refractivity contribution is 7.10. The standard InChI is InChI=1S/C20H26N2OS.ClH/c21-17(14-16-8-3-1-4-9-16)19(23)22-15-20(11-5-2-6-12-20)18-10-7-13-24-18;/h1,3-4,7-10,13,17H,2,5-6,11-12,14-15,21H2,(H,22,23);1H/t17-;/m0./s1. The third-order valence-corrected chi connectivity index (χ3v) is 6.21. The lowest BCUT2D eigenvalue weighted by atomic mass is 9.73. The summed E-state index contributed by atoms with van der Waals surface area (Å²) in [5.41, 5.74) is 7.33. The summed E-state index contributed by atoms with van der Waals surface area (Å²) in [4.78, 5) is 13.9. The van der Waals surface area contributed by atoms with Crippen LogP contribution in [0.25, 0.3) is 0 Å². The van der Waals surface area contributed by atoms with Gasteiger partial charge < -0.3 is 11.1 Å². The second-order valence-electron chi connectivity index (χ2n) is 6.83. The van der Waals surface area contributed by atoms with E-state index >= 15 is 0 Å². The first-order valence-corrected chi connectivity index (χ1v) is 9.69. The van der Waals surface area contributed by atoms with Crippen LogP contribution in [0.3, 0.4) is 0 Å². The van der Waals surface area contributed by atoms with E-state index in [0.29, 0.717) is 13.0 Å². The number of benzene rings is 1. The van der Waals surface area contributed by atoms with Crippen molar-refractivity contribution in [2.24, 2.45) is 5.73 Å². The Morgan fingerprint density at radius 1 is 1.12 bits per heavy atom. The molecule has 25 heavy (non-hydrogen) atoms. The van der Waals surface area contributed by atoms with Gasteiger partial charge in [0.25, 0.3) is 0 Å². The van der Waals surface area contributed by atoms with Gasteiger partial charge in [-0.15, -0.1) is 23.7 Å². The molecule has 1 saturated carbocycles. The first-order chi connectivity index (χ1) is 11.7. The maximum absolute atomic E-state index is 12.5. The van der Waals surface area contributed by atoms with Gasteiger partial charge >= 0.3 is 0 Å². The van der Waals surface area contributed by atoms with Crippen molar-refractivity contribution in [1.82, 2.24) is 5.32 Å². The van der Waals surface area contributed by atoms with Crippen molar-refractivity contribution < 1.29 is 4.79 Å². The van der Waals surface area contributed by atoms with E-state index in [-0.39, 0.29) is 23.7 Å². The second kappa shape index (κ2) is 9.37. The minimum absolute atomic E-state index is 0. The minimum Gasteiger partial charge on any atom is -0.354 e. The Bertz CT molecular complexity index is 639. The Kier molecular flexibility index (Phi) is 7.48. The Hall–Kier alpha value is -1.36. The zero-order valence-electron chi connectivity index (χ0n) is 14.4. The lowest BCUT2D eigenvalue weighted by Gasteiger charge is -2.37. The minimum atomic E-state index is -0.489. The number of thiophene rings is 1. The molecule has 1 aromatic carbocycles. The number of hydrogen-bond acceptors (Lipinski definition) is 3. The second-order valence-corrected chi connectivity index (χ2v) is 7.78. The number of rotatable bonds is 6. The summed E-state index contributed by atoms with van der Waals surface area (Å²) in [5, 5.41) is 5.28. The molecule has 1 aromatic heterocycles. The third-order valence-electron chi connectivity index (χ3n) is 5.09. The topological polar surface area (TPSA) is 55.1 Å². The summed E-state index contributed by atoms with van der Waals surface area (Å²) in [6, 6.07) is 13.8. The number of carbonyl (C=O) groups is 1. The molecule has 0 spiro atoms. The summed E-state index contributed by atoms with van der Waals surface area (Å²) in [7, 11) is 0. The lowest BCUT2D eigenvalue weighted by molar-refractivity contribution is -0.122. The smallest absolute Gasteiger partial charge is 0.237 e. The van der Waals surface area contributed by atoms with Crippen LogP contribution >= 0.6 is 23.7 Å². The molecule has 1 fully saturated rings. The first-order valence-electron chi connectivity index (χ1n) is 8.81. The van der Waals surface area contributed by atoms with E-state index in [9.17, 15) is 4.79 Å². The first kappa shape index (κ1) is 20.0. The summed E-state index contributed by atoms with van der Waals surface area (Å²) < 4.78 is 0. The molecule has 1 heterocycles. The van der Waals surface area contributed by atoms with Gasteiger partial charge in [-0.1, -0.05) is 55.7 Å². The molecule has 3 N–H and O–H groups in total. The van der Waals surface area contributed by atoms with Crippen molar-refractivity contribution in [3.63, 3.8) is 0 Å². The van der Waals surface area contributed by atoms with Crippen LogP contribution in [0.4, 0.5) is 0 Å². The van der Waals surface area contributed by atoms with Crippen LogP contribution < -0.4 is 11.1 Å². The average molecular weight is 379 g/mol. The van der Waals surface area contributed by atoms with Gasteiger partial charge in [0, 0.05) is 16.8 Å². The van der Waals surface area contributed by atoms with E-state index in [1.165, 1.54) is 24.1 Å². The molecule has 1 aliphatic rings. The third kappa shape index (κ3) is 5.06. The molecule has 0 bridgehead atoms. The van der Waals surface area contributed by atoms with E-state index < -0.39 is 6.04 Å². The average Bonchev–Trinajstić information content (AvgIpc) is 3.17. The van der Waals surface area contributed by atoms with Gasteiger partial charge in [0.2, 0.25) is 5.91 Å². The van der Waals surface area contributed by atoms with Gasteiger partial charge in [-0.3, -0.25) is 4.79 Å². The molecule has 0 aliphatic heterocycles. The van der Waals surface area contributed by atoms with Crippen LogP contribution in [0.2, 0.25) is 0 Å². The number of nitrogens with two attached hydrogens (primary N) is 1. The number of hydrogen-bond donors (Lipinski definition) is 2. The SMILES string of the molecule is Cl.N[C@@H](Cc1ccccc1)C(=O)NCC1(c2cccs2)CCCCC1. The van der Waals surface area contributed by atoms with Crippen molar-refractivity contribution in [1.29, 1.82) is 0 Å². The number of halogens is 1. The molecular weight excluding hydrogens is 352 g/mol. The predicted octanol–water partition coefficient (Wildman–Crippen LogP) is 4.06. The summed E-state index contributed by atoms with van der Waals surface area (Å²) in [6.45, 7) is 0.703. The summed E-state index contributed by atoms with van der Waals surface area (Å²) in [6.07, 6.45) is 6.67. The fraction of sp³-hybridized carbons (Fsp3) is 0.450. The van der Waals surface area contributed by atoms with Gasteiger partial charge in [-0.05, 0) is 36.3 Å². The Morgan fingerprint density at radius 3 is 2.48 bits per heavy atom. The van der Waals surface area contributed by atoms with Crippen molar-refractivity contribution in [3.8, 4) is 0 Å². The molecule has 2 aromatic rings. The van der Waals surface area contributed by atoms with Gasteiger partial charge in [0.15, 0.2) is 0 Å². The largest absolute Gasteiger partial charge is 0.354 e.